The quantitative estimate of drug-likeness (QED) is 0.881. The number of benzene rings is 1. The van der Waals surface area contributed by atoms with Crippen molar-refractivity contribution in [3.05, 3.63) is 45.7 Å². The second-order valence-electron chi connectivity index (χ2n) is 4.79. The Morgan fingerprint density at radius 1 is 1.35 bits per heavy atom. The van der Waals surface area contributed by atoms with Gasteiger partial charge >= 0.3 is 0 Å². The molecule has 0 amide bonds. The molecule has 0 spiro atoms. The lowest BCUT2D eigenvalue weighted by Crippen LogP contribution is -2.10. The van der Waals surface area contributed by atoms with E-state index in [1.54, 1.807) is 6.20 Å². The van der Waals surface area contributed by atoms with Crippen molar-refractivity contribution >= 4 is 15.9 Å². The highest BCUT2D eigenvalue weighted by atomic mass is 79.9. The average molecular weight is 338 g/mol. The molecule has 108 valence electrons. The van der Waals surface area contributed by atoms with Crippen LogP contribution < -0.4 is 10.5 Å². The van der Waals surface area contributed by atoms with E-state index in [0.717, 1.165) is 34.2 Å². The van der Waals surface area contributed by atoms with Crippen LogP contribution in [0.15, 0.2) is 28.9 Å². The van der Waals surface area contributed by atoms with Crippen LogP contribution >= 0.6 is 15.9 Å². The molecule has 0 saturated carbocycles. The number of halogens is 1. The van der Waals surface area contributed by atoms with Crippen molar-refractivity contribution < 1.29 is 4.74 Å². The minimum absolute atomic E-state index is 0.619. The molecule has 0 aliphatic heterocycles. The molecule has 2 rings (SSSR count). The van der Waals surface area contributed by atoms with Crippen LogP contribution in [-0.2, 0) is 19.9 Å². The highest BCUT2D eigenvalue weighted by molar-refractivity contribution is 9.10. The molecular formula is C15H20BrN3O. The van der Waals surface area contributed by atoms with Gasteiger partial charge in [0.15, 0.2) is 0 Å². The van der Waals surface area contributed by atoms with Gasteiger partial charge in [0, 0.05) is 29.8 Å². The Balaban J connectivity index is 2.06. The topological polar surface area (TPSA) is 53.1 Å². The van der Waals surface area contributed by atoms with Crippen molar-refractivity contribution in [3.8, 4) is 5.75 Å². The number of rotatable bonds is 6. The van der Waals surface area contributed by atoms with Crippen molar-refractivity contribution in [1.29, 1.82) is 0 Å². The summed E-state index contributed by atoms with van der Waals surface area (Å²) in [6.07, 6.45) is 3.47. The Hall–Kier alpha value is -1.33. The second-order valence-corrected chi connectivity index (χ2v) is 5.71. The third-order valence-electron chi connectivity index (χ3n) is 3.26. The monoisotopic (exact) mass is 337 g/mol. The number of hydrogen-bond acceptors (Lipinski definition) is 3. The van der Waals surface area contributed by atoms with Crippen molar-refractivity contribution in [1.82, 2.24) is 9.78 Å². The summed E-state index contributed by atoms with van der Waals surface area (Å²) in [4.78, 5) is 0. The molecule has 2 aromatic rings. The van der Waals surface area contributed by atoms with Gasteiger partial charge in [0.05, 0.1) is 6.61 Å². The zero-order chi connectivity index (χ0) is 14.5. The normalized spacial score (nSPS) is 10.8. The zero-order valence-corrected chi connectivity index (χ0v) is 13.5. The SMILES string of the molecule is Cc1cc(Br)cc(CCN)c1OCCc1ccnn1C. The van der Waals surface area contributed by atoms with Crippen LogP contribution in [0.2, 0.25) is 0 Å². The Kier molecular flexibility index (Phi) is 5.20. The summed E-state index contributed by atoms with van der Waals surface area (Å²) in [6.45, 7) is 3.32. The van der Waals surface area contributed by atoms with E-state index in [1.807, 2.05) is 17.8 Å². The number of nitrogens with two attached hydrogens (primary N) is 1. The van der Waals surface area contributed by atoms with Crippen LogP contribution in [0.5, 0.6) is 5.75 Å². The standard InChI is InChI=1S/C15H20BrN3O/c1-11-9-13(16)10-12(3-6-17)15(11)20-8-5-14-4-7-18-19(14)2/h4,7,9-10H,3,5-6,8,17H2,1-2H3. The maximum atomic E-state index is 5.99. The lowest BCUT2D eigenvalue weighted by Gasteiger charge is -2.14. The highest BCUT2D eigenvalue weighted by Crippen LogP contribution is 2.28. The van der Waals surface area contributed by atoms with Crippen molar-refractivity contribution in [2.45, 2.75) is 19.8 Å². The van der Waals surface area contributed by atoms with Gasteiger partial charge in [-0.05, 0) is 49.2 Å². The molecule has 1 aromatic carbocycles. The van der Waals surface area contributed by atoms with E-state index in [-0.39, 0.29) is 0 Å². The predicted molar refractivity (Wildman–Crippen MR) is 84.0 cm³/mol. The molecule has 4 nitrogen and oxygen atoms in total. The van der Waals surface area contributed by atoms with E-state index in [0.29, 0.717) is 13.2 Å². The molecule has 5 heteroatoms. The smallest absolute Gasteiger partial charge is 0.125 e. The third kappa shape index (κ3) is 3.61. The van der Waals surface area contributed by atoms with E-state index in [1.165, 1.54) is 5.69 Å². The van der Waals surface area contributed by atoms with Gasteiger partial charge in [-0.2, -0.15) is 5.10 Å². The molecule has 0 saturated heterocycles. The maximum absolute atomic E-state index is 5.99. The van der Waals surface area contributed by atoms with Crippen LogP contribution in [0.3, 0.4) is 0 Å². The Bertz CT molecular complexity index is 580. The van der Waals surface area contributed by atoms with Crippen LogP contribution in [-0.4, -0.2) is 22.9 Å². The summed E-state index contributed by atoms with van der Waals surface area (Å²) in [5.41, 5.74) is 9.13. The fourth-order valence-electron chi connectivity index (χ4n) is 2.25. The molecule has 0 atom stereocenters. The first-order valence-electron chi connectivity index (χ1n) is 6.70. The van der Waals surface area contributed by atoms with E-state index in [9.17, 15) is 0 Å². The van der Waals surface area contributed by atoms with E-state index in [4.69, 9.17) is 10.5 Å². The maximum Gasteiger partial charge on any atom is 0.125 e. The Labute approximate surface area is 128 Å². The fourth-order valence-corrected chi connectivity index (χ4v) is 2.87. The lowest BCUT2D eigenvalue weighted by molar-refractivity contribution is 0.313. The Morgan fingerprint density at radius 2 is 2.15 bits per heavy atom. The van der Waals surface area contributed by atoms with E-state index in [2.05, 4.69) is 40.1 Å². The van der Waals surface area contributed by atoms with Crippen molar-refractivity contribution in [3.63, 3.8) is 0 Å². The minimum atomic E-state index is 0.619. The van der Waals surface area contributed by atoms with Gasteiger partial charge in [0.1, 0.15) is 5.75 Å². The second kappa shape index (κ2) is 6.90. The predicted octanol–water partition coefficient (Wildman–Crippen LogP) is 2.61. The third-order valence-corrected chi connectivity index (χ3v) is 3.71. The summed E-state index contributed by atoms with van der Waals surface area (Å²) in [6, 6.07) is 6.16. The average Bonchev–Trinajstić information content (AvgIpc) is 2.78. The molecule has 20 heavy (non-hydrogen) atoms. The van der Waals surface area contributed by atoms with Gasteiger partial charge in [-0.1, -0.05) is 15.9 Å². The molecule has 0 bridgehead atoms. The van der Waals surface area contributed by atoms with Gasteiger partial charge < -0.3 is 10.5 Å². The summed E-state index contributed by atoms with van der Waals surface area (Å²) in [5.74, 6) is 0.959. The molecule has 0 fully saturated rings. The molecule has 1 aromatic heterocycles. The number of nitrogens with zero attached hydrogens (tertiary/aromatic N) is 2. The molecular weight excluding hydrogens is 318 g/mol. The molecule has 0 unspecified atom stereocenters. The molecule has 0 aliphatic rings. The fraction of sp³-hybridized carbons (Fsp3) is 0.400. The zero-order valence-electron chi connectivity index (χ0n) is 11.9. The molecule has 2 N–H and O–H groups in total. The molecule has 1 heterocycles. The van der Waals surface area contributed by atoms with Gasteiger partial charge in [-0.3, -0.25) is 4.68 Å². The summed E-state index contributed by atoms with van der Waals surface area (Å²) in [5, 5.41) is 4.16. The first kappa shape index (κ1) is 15.1. The minimum Gasteiger partial charge on any atom is -0.493 e. The van der Waals surface area contributed by atoms with Crippen LogP contribution in [0.4, 0.5) is 0 Å². The van der Waals surface area contributed by atoms with Crippen molar-refractivity contribution in [2.75, 3.05) is 13.2 Å². The van der Waals surface area contributed by atoms with Crippen LogP contribution in [0.25, 0.3) is 0 Å². The highest BCUT2D eigenvalue weighted by Gasteiger charge is 2.09. The first-order valence-corrected chi connectivity index (χ1v) is 7.50. The Morgan fingerprint density at radius 3 is 2.80 bits per heavy atom. The number of hydrogen-bond donors (Lipinski definition) is 1. The number of aryl methyl sites for hydroxylation is 2. The van der Waals surface area contributed by atoms with Gasteiger partial charge in [0.25, 0.3) is 0 Å². The van der Waals surface area contributed by atoms with E-state index >= 15 is 0 Å². The number of aromatic nitrogens is 2. The molecule has 0 radical (unpaired) electrons. The first-order chi connectivity index (χ1) is 9.61. The molecule has 0 aliphatic carbocycles. The van der Waals surface area contributed by atoms with Crippen LogP contribution in [0, 0.1) is 6.92 Å². The van der Waals surface area contributed by atoms with E-state index < -0.39 is 0 Å². The van der Waals surface area contributed by atoms with Gasteiger partial charge in [0.2, 0.25) is 0 Å². The summed E-state index contributed by atoms with van der Waals surface area (Å²) in [7, 11) is 1.94. The summed E-state index contributed by atoms with van der Waals surface area (Å²) < 4.78 is 8.93. The summed E-state index contributed by atoms with van der Waals surface area (Å²) >= 11 is 3.52. The number of ether oxygens (including phenoxy) is 1. The van der Waals surface area contributed by atoms with Gasteiger partial charge in [-0.25, -0.2) is 0 Å². The van der Waals surface area contributed by atoms with Gasteiger partial charge in [-0.15, -0.1) is 0 Å². The lowest BCUT2D eigenvalue weighted by atomic mass is 10.1. The van der Waals surface area contributed by atoms with Crippen LogP contribution in [0.1, 0.15) is 16.8 Å². The largest absolute Gasteiger partial charge is 0.493 e. The van der Waals surface area contributed by atoms with Crippen molar-refractivity contribution in [2.24, 2.45) is 12.8 Å².